The predicted molar refractivity (Wildman–Crippen MR) is 69.6 cm³/mol. The molecule has 1 unspecified atom stereocenters. The number of nitrogens with one attached hydrogen (secondary N) is 1. The van der Waals surface area contributed by atoms with Crippen molar-refractivity contribution in [1.29, 1.82) is 0 Å². The Bertz CT molecular complexity index is 229. The molecular formula is C14H28N2. The van der Waals surface area contributed by atoms with Crippen LogP contribution in [-0.2, 0) is 0 Å². The van der Waals surface area contributed by atoms with Gasteiger partial charge < -0.3 is 10.2 Å². The van der Waals surface area contributed by atoms with Gasteiger partial charge in [-0.15, -0.1) is 0 Å². The van der Waals surface area contributed by atoms with Gasteiger partial charge in [-0.2, -0.15) is 0 Å². The van der Waals surface area contributed by atoms with E-state index in [1.54, 1.807) is 0 Å². The molecular weight excluding hydrogens is 196 g/mol. The molecule has 0 amide bonds. The van der Waals surface area contributed by atoms with Crippen LogP contribution in [0.25, 0.3) is 0 Å². The van der Waals surface area contributed by atoms with E-state index in [0.29, 0.717) is 5.41 Å². The first kappa shape index (κ1) is 12.4. The Labute approximate surface area is 101 Å². The standard InChI is InChI=1S/C14H28N2/c1-11(12-5-6-12)16(4)10-14(2,3)9-15-13-7-8-13/h11-13,15H,5-10H2,1-4H3. The van der Waals surface area contributed by atoms with Crippen LogP contribution in [0.2, 0.25) is 0 Å². The minimum absolute atomic E-state index is 0.403. The second-order valence-electron chi connectivity index (χ2n) is 6.81. The second-order valence-corrected chi connectivity index (χ2v) is 6.81. The van der Waals surface area contributed by atoms with E-state index in [1.807, 2.05) is 0 Å². The summed E-state index contributed by atoms with van der Waals surface area (Å²) in [6, 6.07) is 1.62. The maximum atomic E-state index is 3.66. The molecule has 0 aromatic heterocycles. The molecule has 0 bridgehead atoms. The summed E-state index contributed by atoms with van der Waals surface area (Å²) in [6.45, 7) is 9.54. The number of hydrogen-bond donors (Lipinski definition) is 1. The van der Waals surface area contributed by atoms with Gasteiger partial charge in [0.2, 0.25) is 0 Å². The molecule has 2 aliphatic carbocycles. The summed E-state index contributed by atoms with van der Waals surface area (Å²) in [6.07, 6.45) is 5.69. The zero-order chi connectivity index (χ0) is 11.8. The second kappa shape index (κ2) is 4.66. The van der Waals surface area contributed by atoms with Gasteiger partial charge in [0, 0.05) is 25.2 Å². The summed E-state index contributed by atoms with van der Waals surface area (Å²) in [7, 11) is 2.29. The third-order valence-corrected chi connectivity index (χ3v) is 4.12. The summed E-state index contributed by atoms with van der Waals surface area (Å²) in [5.41, 5.74) is 0.403. The zero-order valence-electron chi connectivity index (χ0n) is 11.4. The highest BCUT2D eigenvalue weighted by atomic mass is 15.1. The fraction of sp³-hybridized carbons (Fsp3) is 1.00. The fourth-order valence-electron chi connectivity index (χ4n) is 2.52. The predicted octanol–water partition coefficient (Wildman–Crippen LogP) is 2.49. The quantitative estimate of drug-likeness (QED) is 0.715. The van der Waals surface area contributed by atoms with Crippen molar-refractivity contribution in [2.24, 2.45) is 11.3 Å². The molecule has 16 heavy (non-hydrogen) atoms. The maximum absolute atomic E-state index is 3.66. The first-order valence-electron chi connectivity index (χ1n) is 6.91. The van der Waals surface area contributed by atoms with Crippen LogP contribution in [-0.4, -0.2) is 37.1 Å². The molecule has 2 heteroatoms. The molecule has 1 N–H and O–H groups in total. The molecule has 0 saturated heterocycles. The van der Waals surface area contributed by atoms with Crippen LogP contribution in [0.5, 0.6) is 0 Å². The Balaban J connectivity index is 1.71. The Kier molecular flexibility index (Phi) is 3.60. The van der Waals surface area contributed by atoms with Crippen molar-refractivity contribution in [2.75, 3.05) is 20.1 Å². The average molecular weight is 224 g/mol. The third kappa shape index (κ3) is 3.74. The summed E-state index contributed by atoms with van der Waals surface area (Å²) in [5, 5.41) is 3.66. The van der Waals surface area contributed by atoms with E-state index in [9.17, 15) is 0 Å². The molecule has 0 heterocycles. The van der Waals surface area contributed by atoms with E-state index in [-0.39, 0.29) is 0 Å². The number of rotatable bonds is 7. The molecule has 0 radical (unpaired) electrons. The van der Waals surface area contributed by atoms with Gasteiger partial charge in [0.1, 0.15) is 0 Å². The lowest BCUT2D eigenvalue weighted by atomic mass is 9.92. The van der Waals surface area contributed by atoms with Crippen molar-refractivity contribution in [2.45, 2.75) is 58.5 Å². The lowest BCUT2D eigenvalue weighted by Gasteiger charge is -2.34. The maximum Gasteiger partial charge on any atom is 0.00923 e. The van der Waals surface area contributed by atoms with Gasteiger partial charge in [0.05, 0.1) is 0 Å². The lowest BCUT2D eigenvalue weighted by molar-refractivity contribution is 0.153. The molecule has 2 fully saturated rings. The highest BCUT2D eigenvalue weighted by Crippen LogP contribution is 2.35. The monoisotopic (exact) mass is 224 g/mol. The van der Waals surface area contributed by atoms with E-state index in [2.05, 4.69) is 38.0 Å². The summed E-state index contributed by atoms with van der Waals surface area (Å²) in [4.78, 5) is 2.56. The minimum Gasteiger partial charge on any atom is -0.313 e. The van der Waals surface area contributed by atoms with E-state index < -0.39 is 0 Å². The first-order valence-corrected chi connectivity index (χ1v) is 6.91. The molecule has 2 rings (SSSR count). The molecule has 0 aromatic carbocycles. The average Bonchev–Trinajstić information content (AvgIpc) is 3.03. The fourth-order valence-corrected chi connectivity index (χ4v) is 2.52. The molecule has 2 saturated carbocycles. The smallest absolute Gasteiger partial charge is 0.00923 e. The largest absolute Gasteiger partial charge is 0.313 e. The van der Waals surface area contributed by atoms with E-state index >= 15 is 0 Å². The summed E-state index contributed by atoms with van der Waals surface area (Å²) < 4.78 is 0. The highest BCUT2D eigenvalue weighted by Gasteiger charge is 2.33. The highest BCUT2D eigenvalue weighted by molar-refractivity contribution is 4.88. The van der Waals surface area contributed by atoms with Gasteiger partial charge in [0.25, 0.3) is 0 Å². The van der Waals surface area contributed by atoms with E-state index in [1.165, 1.54) is 38.8 Å². The van der Waals surface area contributed by atoms with Crippen LogP contribution in [0.4, 0.5) is 0 Å². The van der Waals surface area contributed by atoms with Gasteiger partial charge in [-0.25, -0.2) is 0 Å². The van der Waals surface area contributed by atoms with Crippen LogP contribution >= 0.6 is 0 Å². The Morgan fingerprint density at radius 2 is 1.88 bits per heavy atom. The summed E-state index contributed by atoms with van der Waals surface area (Å²) in [5.74, 6) is 0.984. The van der Waals surface area contributed by atoms with Gasteiger partial charge in [-0.05, 0) is 51.0 Å². The molecule has 2 aliphatic rings. The topological polar surface area (TPSA) is 15.3 Å². The normalized spacial score (nSPS) is 23.8. The molecule has 0 aliphatic heterocycles. The van der Waals surface area contributed by atoms with E-state index in [4.69, 9.17) is 0 Å². The Morgan fingerprint density at radius 3 is 2.38 bits per heavy atom. The van der Waals surface area contributed by atoms with Gasteiger partial charge in [-0.3, -0.25) is 0 Å². The lowest BCUT2D eigenvalue weighted by Crippen LogP contribution is -2.43. The minimum atomic E-state index is 0.403. The van der Waals surface area contributed by atoms with E-state index in [0.717, 1.165) is 18.0 Å². The van der Waals surface area contributed by atoms with Crippen molar-refractivity contribution in [3.8, 4) is 0 Å². The van der Waals surface area contributed by atoms with Crippen molar-refractivity contribution >= 4 is 0 Å². The zero-order valence-corrected chi connectivity index (χ0v) is 11.4. The number of hydrogen-bond acceptors (Lipinski definition) is 2. The molecule has 0 spiro atoms. The van der Waals surface area contributed by atoms with Crippen LogP contribution in [0, 0.1) is 11.3 Å². The van der Waals surface area contributed by atoms with Gasteiger partial charge >= 0.3 is 0 Å². The molecule has 94 valence electrons. The van der Waals surface area contributed by atoms with Gasteiger partial charge in [0.15, 0.2) is 0 Å². The third-order valence-electron chi connectivity index (χ3n) is 4.12. The Hall–Kier alpha value is -0.0800. The summed E-state index contributed by atoms with van der Waals surface area (Å²) >= 11 is 0. The Morgan fingerprint density at radius 1 is 1.25 bits per heavy atom. The van der Waals surface area contributed by atoms with Crippen molar-refractivity contribution in [1.82, 2.24) is 10.2 Å². The van der Waals surface area contributed by atoms with Crippen molar-refractivity contribution in [3.63, 3.8) is 0 Å². The molecule has 2 nitrogen and oxygen atoms in total. The van der Waals surface area contributed by atoms with Crippen molar-refractivity contribution < 1.29 is 0 Å². The van der Waals surface area contributed by atoms with Crippen LogP contribution in [0.15, 0.2) is 0 Å². The molecule has 0 aromatic rings. The van der Waals surface area contributed by atoms with Crippen LogP contribution in [0.1, 0.15) is 46.5 Å². The number of nitrogens with zero attached hydrogens (tertiary/aromatic N) is 1. The SMILES string of the molecule is CC(C1CC1)N(C)CC(C)(C)CNC1CC1. The first-order chi connectivity index (χ1) is 7.48. The molecule has 1 atom stereocenters. The van der Waals surface area contributed by atoms with Crippen LogP contribution < -0.4 is 5.32 Å². The van der Waals surface area contributed by atoms with Crippen molar-refractivity contribution in [3.05, 3.63) is 0 Å². The van der Waals surface area contributed by atoms with Gasteiger partial charge in [-0.1, -0.05) is 13.8 Å². The van der Waals surface area contributed by atoms with Crippen LogP contribution in [0.3, 0.4) is 0 Å².